The van der Waals surface area contributed by atoms with Crippen LogP contribution in [0.4, 0.5) is 0 Å². The topological polar surface area (TPSA) is 43.8 Å². The summed E-state index contributed by atoms with van der Waals surface area (Å²) in [6.45, 7) is 0. The molecule has 1 saturated carbocycles. The molecule has 3 nitrogen and oxygen atoms in total. The maximum absolute atomic E-state index is 6.05. The largest absolute Gasteiger partial charge is 0.328 e. The number of nitrogens with two attached hydrogens (primary N) is 1. The number of hydrogen-bond donors (Lipinski definition) is 1. The van der Waals surface area contributed by atoms with Crippen molar-refractivity contribution >= 4 is 10.8 Å². The highest BCUT2D eigenvalue weighted by Crippen LogP contribution is 2.34. The fourth-order valence-corrected chi connectivity index (χ4v) is 3.62. The van der Waals surface area contributed by atoms with Crippen molar-refractivity contribution in [1.29, 1.82) is 0 Å². The molecule has 1 heterocycles. The Bertz CT molecular complexity index is 777. The fourth-order valence-electron chi connectivity index (χ4n) is 3.62. The van der Waals surface area contributed by atoms with Crippen molar-refractivity contribution in [3.63, 3.8) is 0 Å². The summed E-state index contributed by atoms with van der Waals surface area (Å²) in [4.78, 5) is 4.66. The molecule has 0 atom stereocenters. The minimum absolute atomic E-state index is 0.376. The van der Waals surface area contributed by atoms with E-state index in [1.54, 1.807) is 0 Å². The molecule has 0 saturated heterocycles. The van der Waals surface area contributed by atoms with Gasteiger partial charge in [0.1, 0.15) is 5.82 Å². The summed E-state index contributed by atoms with van der Waals surface area (Å²) in [7, 11) is 0. The van der Waals surface area contributed by atoms with Gasteiger partial charge in [-0.15, -0.1) is 0 Å². The van der Waals surface area contributed by atoms with E-state index in [9.17, 15) is 0 Å². The van der Waals surface area contributed by atoms with E-state index in [4.69, 9.17) is 5.73 Å². The van der Waals surface area contributed by atoms with E-state index in [-0.39, 0.29) is 0 Å². The molecule has 1 aliphatic rings. The highest BCUT2D eigenvalue weighted by atomic mass is 15.1. The number of benzene rings is 2. The Balaban J connectivity index is 1.78. The zero-order valence-electron chi connectivity index (χ0n) is 12.7. The fraction of sp³-hybridized carbons (Fsp3) is 0.316. The Morgan fingerprint density at radius 1 is 0.955 bits per heavy atom. The van der Waals surface area contributed by atoms with Gasteiger partial charge in [0.25, 0.3) is 0 Å². The first-order valence-electron chi connectivity index (χ1n) is 8.09. The van der Waals surface area contributed by atoms with Crippen molar-refractivity contribution in [3.8, 4) is 11.4 Å². The average Bonchev–Trinajstić information content (AvgIpc) is 3.04. The van der Waals surface area contributed by atoms with Crippen LogP contribution in [0.1, 0.15) is 31.7 Å². The van der Waals surface area contributed by atoms with Crippen LogP contribution in [0.15, 0.2) is 54.9 Å². The lowest BCUT2D eigenvalue weighted by molar-refractivity contribution is 0.326. The van der Waals surface area contributed by atoms with Gasteiger partial charge in [-0.1, -0.05) is 42.5 Å². The molecule has 1 fully saturated rings. The molecule has 22 heavy (non-hydrogen) atoms. The smallest absolute Gasteiger partial charge is 0.140 e. The van der Waals surface area contributed by atoms with E-state index in [0.717, 1.165) is 31.5 Å². The molecule has 3 aromatic rings. The van der Waals surface area contributed by atoms with Crippen molar-refractivity contribution < 1.29 is 0 Å². The van der Waals surface area contributed by atoms with Gasteiger partial charge in [0, 0.05) is 30.0 Å². The molecule has 0 amide bonds. The minimum Gasteiger partial charge on any atom is -0.328 e. The minimum atomic E-state index is 0.376. The van der Waals surface area contributed by atoms with Crippen LogP contribution in [-0.4, -0.2) is 15.6 Å². The number of aromatic nitrogens is 2. The lowest BCUT2D eigenvalue weighted by Gasteiger charge is -2.28. The normalized spacial score (nSPS) is 22.0. The third-order valence-corrected chi connectivity index (χ3v) is 4.83. The number of rotatable bonds is 2. The molecular weight excluding hydrogens is 270 g/mol. The summed E-state index contributed by atoms with van der Waals surface area (Å²) < 4.78 is 2.35. The molecule has 2 aromatic carbocycles. The molecule has 0 spiro atoms. The van der Waals surface area contributed by atoms with E-state index < -0.39 is 0 Å². The molecule has 0 unspecified atom stereocenters. The molecule has 0 bridgehead atoms. The Hall–Kier alpha value is -2.13. The molecule has 4 rings (SSSR count). The SMILES string of the molecule is NC1CCC(n2ccnc2-c2cccc3ccccc23)CC1. The number of imidazole rings is 1. The molecule has 1 aromatic heterocycles. The third-order valence-electron chi connectivity index (χ3n) is 4.83. The van der Waals surface area contributed by atoms with Crippen LogP contribution in [-0.2, 0) is 0 Å². The molecular formula is C19H21N3. The Morgan fingerprint density at radius 3 is 2.59 bits per heavy atom. The quantitative estimate of drug-likeness (QED) is 0.771. The first kappa shape index (κ1) is 13.5. The second-order valence-electron chi connectivity index (χ2n) is 6.25. The number of nitrogens with zero attached hydrogens (tertiary/aromatic N) is 2. The molecule has 1 aliphatic carbocycles. The van der Waals surface area contributed by atoms with Crippen molar-refractivity contribution in [2.45, 2.75) is 37.8 Å². The van der Waals surface area contributed by atoms with Crippen LogP contribution >= 0.6 is 0 Å². The van der Waals surface area contributed by atoms with Crippen molar-refractivity contribution in [2.24, 2.45) is 5.73 Å². The van der Waals surface area contributed by atoms with Crippen LogP contribution in [0, 0.1) is 0 Å². The summed E-state index contributed by atoms with van der Waals surface area (Å²) in [5.74, 6) is 1.08. The zero-order chi connectivity index (χ0) is 14.9. The van der Waals surface area contributed by atoms with Gasteiger partial charge in [0.05, 0.1) is 0 Å². The van der Waals surface area contributed by atoms with Crippen LogP contribution in [0.3, 0.4) is 0 Å². The molecule has 0 radical (unpaired) electrons. The number of fused-ring (bicyclic) bond motifs is 1. The van der Waals surface area contributed by atoms with Gasteiger partial charge in [0.2, 0.25) is 0 Å². The second-order valence-corrected chi connectivity index (χ2v) is 6.25. The maximum Gasteiger partial charge on any atom is 0.140 e. The van der Waals surface area contributed by atoms with Gasteiger partial charge in [-0.2, -0.15) is 0 Å². The van der Waals surface area contributed by atoms with Gasteiger partial charge < -0.3 is 10.3 Å². The van der Waals surface area contributed by atoms with Gasteiger partial charge in [-0.05, 0) is 36.5 Å². The summed E-state index contributed by atoms with van der Waals surface area (Å²) in [5, 5.41) is 2.53. The van der Waals surface area contributed by atoms with Crippen LogP contribution in [0.25, 0.3) is 22.2 Å². The van der Waals surface area contributed by atoms with E-state index in [0.29, 0.717) is 12.1 Å². The first-order chi connectivity index (χ1) is 10.8. The Labute approximate surface area is 130 Å². The number of hydrogen-bond acceptors (Lipinski definition) is 2. The summed E-state index contributed by atoms with van der Waals surface area (Å²) in [6.07, 6.45) is 8.56. The van der Waals surface area contributed by atoms with E-state index in [1.807, 2.05) is 6.20 Å². The van der Waals surface area contributed by atoms with Crippen LogP contribution in [0.5, 0.6) is 0 Å². The molecule has 3 heteroatoms. The van der Waals surface area contributed by atoms with Gasteiger partial charge in [0.15, 0.2) is 0 Å². The van der Waals surface area contributed by atoms with Gasteiger partial charge >= 0.3 is 0 Å². The van der Waals surface area contributed by atoms with E-state index in [1.165, 1.54) is 16.3 Å². The van der Waals surface area contributed by atoms with E-state index >= 15 is 0 Å². The highest BCUT2D eigenvalue weighted by molar-refractivity contribution is 5.95. The standard InChI is InChI=1S/C19H21N3/c20-15-8-10-16(11-9-15)22-13-12-21-19(22)18-7-3-5-14-4-1-2-6-17(14)18/h1-7,12-13,15-16H,8-11,20H2. The predicted octanol–water partition coefficient (Wildman–Crippen LogP) is 4.15. The highest BCUT2D eigenvalue weighted by Gasteiger charge is 2.22. The monoisotopic (exact) mass is 291 g/mol. The van der Waals surface area contributed by atoms with Crippen molar-refractivity contribution in [3.05, 3.63) is 54.9 Å². The van der Waals surface area contributed by atoms with Gasteiger partial charge in [-0.3, -0.25) is 0 Å². The first-order valence-corrected chi connectivity index (χ1v) is 8.09. The third kappa shape index (κ3) is 2.32. The molecule has 2 N–H and O–H groups in total. The summed E-state index contributed by atoms with van der Waals surface area (Å²) >= 11 is 0. The zero-order valence-corrected chi connectivity index (χ0v) is 12.7. The van der Waals surface area contributed by atoms with Crippen LogP contribution < -0.4 is 5.73 Å². The maximum atomic E-state index is 6.05. The average molecular weight is 291 g/mol. The predicted molar refractivity (Wildman–Crippen MR) is 90.6 cm³/mol. The van der Waals surface area contributed by atoms with Crippen LogP contribution in [0.2, 0.25) is 0 Å². The second kappa shape index (κ2) is 5.58. The Morgan fingerprint density at radius 2 is 1.73 bits per heavy atom. The van der Waals surface area contributed by atoms with Crippen molar-refractivity contribution in [2.75, 3.05) is 0 Å². The van der Waals surface area contributed by atoms with Gasteiger partial charge in [-0.25, -0.2) is 4.98 Å². The molecule has 0 aliphatic heterocycles. The molecule has 112 valence electrons. The lowest BCUT2D eigenvalue weighted by Crippen LogP contribution is -2.27. The summed E-state index contributed by atoms with van der Waals surface area (Å²) in [5.41, 5.74) is 7.27. The summed E-state index contributed by atoms with van der Waals surface area (Å²) in [6, 6.07) is 15.9. The Kier molecular flexibility index (Phi) is 3.43. The lowest BCUT2D eigenvalue weighted by atomic mass is 9.91. The van der Waals surface area contributed by atoms with Crippen molar-refractivity contribution in [1.82, 2.24) is 9.55 Å². The van der Waals surface area contributed by atoms with E-state index in [2.05, 4.69) is 58.2 Å².